The standard InChI is InChI=1S/C15H19Cl2FN2O2.ClH/c1-8(10-6-13(18)12(17)7-11(10)16)20-15(21)14(19)9-2-4-22-5-3-9;/h6-9,14H,2-5,19H2,1H3,(H,20,21);1H. The normalized spacial score (nSPS) is 18.0. The van der Waals surface area contributed by atoms with Crippen LogP contribution < -0.4 is 11.1 Å². The van der Waals surface area contributed by atoms with E-state index in [1.807, 2.05) is 0 Å². The Morgan fingerprint density at radius 3 is 2.57 bits per heavy atom. The molecule has 1 aromatic carbocycles. The third kappa shape index (κ3) is 5.19. The number of nitrogens with two attached hydrogens (primary N) is 1. The van der Waals surface area contributed by atoms with E-state index in [-0.39, 0.29) is 29.3 Å². The molecule has 1 aliphatic rings. The Morgan fingerprint density at radius 1 is 1.35 bits per heavy atom. The number of amides is 1. The molecule has 0 aromatic heterocycles. The number of benzene rings is 1. The maximum Gasteiger partial charge on any atom is 0.237 e. The van der Waals surface area contributed by atoms with Gasteiger partial charge in [0.05, 0.1) is 17.1 Å². The van der Waals surface area contributed by atoms with Gasteiger partial charge in [-0.05, 0) is 43.4 Å². The van der Waals surface area contributed by atoms with Gasteiger partial charge in [-0.2, -0.15) is 0 Å². The topological polar surface area (TPSA) is 64.4 Å². The summed E-state index contributed by atoms with van der Waals surface area (Å²) < 4.78 is 18.8. The Bertz CT molecular complexity index is 554. The van der Waals surface area contributed by atoms with Crippen molar-refractivity contribution < 1.29 is 13.9 Å². The molecule has 1 saturated heterocycles. The summed E-state index contributed by atoms with van der Waals surface area (Å²) >= 11 is 11.7. The number of ether oxygens (including phenoxy) is 1. The quantitative estimate of drug-likeness (QED) is 0.780. The maximum atomic E-state index is 13.6. The molecule has 3 N–H and O–H groups in total. The van der Waals surface area contributed by atoms with Gasteiger partial charge < -0.3 is 15.8 Å². The number of carbonyl (C=O) groups excluding carboxylic acids is 1. The zero-order valence-corrected chi connectivity index (χ0v) is 15.0. The van der Waals surface area contributed by atoms with E-state index in [4.69, 9.17) is 33.7 Å². The molecule has 2 atom stereocenters. The Hall–Kier alpha value is -0.590. The van der Waals surface area contributed by atoms with E-state index < -0.39 is 17.9 Å². The van der Waals surface area contributed by atoms with E-state index in [0.29, 0.717) is 23.8 Å². The molecule has 1 aromatic rings. The van der Waals surface area contributed by atoms with Crippen molar-refractivity contribution in [2.75, 3.05) is 13.2 Å². The van der Waals surface area contributed by atoms with Crippen LogP contribution in [-0.4, -0.2) is 25.2 Å². The summed E-state index contributed by atoms with van der Waals surface area (Å²) in [5.74, 6) is -0.750. The van der Waals surface area contributed by atoms with Crippen molar-refractivity contribution in [1.29, 1.82) is 0 Å². The van der Waals surface area contributed by atoms with E-state index in [1.54, 1.807) is 6.92 Å². The SMILES string of the molecule is CC(NC(=O)C(N)C1CCOCC1)c1cc(F)c(Cl)cc1Cl.Cl. The highest BCUT2D eigenvalue weighted by molar-refractivity contribution is 6.35. The summed E-state index contributed by atoms with van der Waals surface area (Å²) in [5, 5.41) is 3.04. The molecule has 2 rings (SSSR count). The average Bonchev–Trinajstić information content (AvgIpc) is 2.50. The van der Waals surface area contributed by atoms with Gasteiger partial charge in [0.2, 0.25) is 5.91 Å². The highest BCUT2D eigenvalue weighted by atomic mass is 35.5. The van der Waals surface area contributed by atoms with Crippen molar-refractivity contribution in [2.24, 2.45) is 11.7 Å². The van der Waals surface area contributed by atoms with Crippen LogP contribution in [0.2, 0.25) is 10.0 Å². The Morgan fingerprint density at radius 2 is 1.96 bits per heavy atom. The molecule has 1 aliphatic heterocycles. The predicted octanol–water partition coefficient (Wildman–Crippen LogP) is 3.49. The summed E-state index contributed by atoms with van der Waals surface area (Å²) in [5.41, 5.74) is 6.48. The minimum atomic E-state index is -0.609. The van der Waals surface area contributed by atoms with Crippen LogP contribution in [0.1, 0.15) is 31.4 Å². The van der Waals surface area contributed by atoms with Crippen molar-refractivity contribution in [3.8, 4) is 0 Å². The van der Waals surface area contributed by atoms with Gasteiger partial charge in [-0.15, -0.1) is 12.4 Å². The van der Waals surface area contributed by atoms with Crippen molar-refractivity contribution in [2.45, 2.75) is 31.8 Å². The van der Waals surface area contributed by atoms with Crippen LogP contribution >= 0.6 is 35.6 Å². The van der Waals surface area contributed by atoms with Crippen molar-refractivity contribution in [3.63, 3.8) is 0 Å². The largest absolute Gasteiger partial charge is 0.381 e. The first kappa shape index (κ1) is 20.5. The molecule has 0 radical (unpaired) electrons. The first-order valence-corrected chi connectivity index (χ1v) is 7.94. The minimum Gasteiger partial charge on any atom is -0.381 e. The van der Waals surface area contributed by atoms with Gasteiger partial charge in [0.15, 0.2) is 0 Å². The van der Waals surface area contributed by atoms with Gasteiger partial charge >= 0.3 is 0 Å². The molecule has 8 heteroatoms. The van der Waals surface area contributed by atoms with Crippen LogP contribution in [0, 0.1) is 11.7 Å². The Labute approximate surface area is 151 Å². The van der Waals surface area contributed by atoms with Crippen molar-refractivity contribution in [1.82, 2.24) is 5.32 Å². The molecule has 0 aliphatic carbocycles. The number of halogens is 4. The fourth-order valence-electron chi connectivity index (χ4n) is 2.55. The van der Waals surface area contributed by atoms with Gasteiger partial charge in [0.1, 0.15) is 5.82 Å². The lowest BCUT2D eigenvalue weighted by atomic mass is 9.91. The monoisotopic (exact) mass is 384 g/mol. The smallest absolute Gasteiger partial charge is 0.237 e. The molecule has 4 nitrogen and oxygen atoms in total. The zero-order valence-electron chi connectivity index (χ0n) is 12.7. The molecule has 23 heavy (non-hydrogen) atoms. The van der Waals surface area contributed by atoms with Gasteiger partial charge in [-0.3, -0.25) is 4.79 Å². The van der Waals surface area contributed by atoms with E-state index >= 15 is 0 Å². The lowest BCUT2D eigenvalue weighted by Gasteiger charge is -2.28. The third-order valence-corrected chi connectivity index (χ3v) is 4.56. The second-order valence-corrected chi connectivity index (χ2v) is 6.31. The summed E-state index contributed by atoms with van der Waals surface area (Å²) in [6.07, 6.45) is 1.53. The van der Waals surface area contributed by atoms with Crippen LogP contribution in [0.3, 0.4) is 0 Å². The van der Waals surface area contributed by atoms with Gasteiger partial charge in [-0.25, -0.2) is 4.39 Å². The number of carbonyl (C=O) groups is 1. The molecular weight excluding hydrogens is 366 g/mol. The van der Waals surface area contributed by atoms with Crippen LogP contribution in [-0.2, 0) is 9.53 Å². The van der Waals surface area contributed by atoms with Crippen molar-refractivity contribution in [3.05, 3.63) is 33.6 Å². The van der Waals surface area contributed by atoms with Crippen LogP contribution in [0.5, 0.6) is 0 Å². The van der Waals surface area contributed by atoms with E-state index in [2.05, 4.69) is 5.32 Å². The van der Waals surface area contributed by atoms with Gasteiger partial charge in [-0.1, -0.05) is 23.2 Å². The minimum absolute atomic E-state index is 0. The Kier molecular flexibility index (Phi) is 8.04. The molecule has 0 spiro atoms. The molecule has 1 fully saturated rings. The highest BCUT2D eigenvalue weighted by Gasteiger charge is 2.27. The average molecular weight is 386 g/mol. The molecule has 0 bridgehead atoms. The molecule has 1 heterocycles. The first-order valence-electron chi connectivity index (χ1n) is 7.18. The maximum absolute atomic E-state index is 13.6. The van der Waals surface area contributed by atoms with E-state index in [9.17, 15) is 9.18 Å². The summed E-state index contributed by atoms with van der Waals surface area (Å²) in [6, 6.07) is 1.49. The lowest BCUT2D eigenvalue weighted by Crippen LogP contribution is -2.47. The highest BCUT2D eigenvalue weighted by Crippen LogP contribution is 2.29. The van der Waals surface area contributed by atoms with Crippen molar-refractivity contribution >= 4 is 41.5 Å². The predicted molar refractivity (Wildman–Crippen MR) is 91.7 cm³/mol. The molecule has 130 valence electrons. The first-order chi connectivity index (χ1) is 10.4. The number of hydrogen-bond donors (Lipinski definition) is 2. The van der Waals surface area contributed by atoms with Crippen LogP contribution in [0.25, 0.3) is 0 Å². The fourth-order valence-corrected chi connectivity index (χ4v) is 3.09. The third-order valence-electron chi connectivity index (χ3n) is 3.94. The van der Waals surface area contributed by atoms with Gasteiger partial charge in [0.25, 0.3) is 0 Å². The van der Waals surface area contributed by atoms with Crippen LogP contribution in [0.15, 0.2) is 12.1 Å². The number of rotatable bonds is 4. The fraction of sp³-hybridized carbons (Fsp3) is 0.533. The Balaban J connectivity index is 0.00000264. The molecule has 2 unspecified atom stereocenters. The number of nitrogens with one attached hydrogen (secondary N) is 1. The lowest BCUT2D eigenvalue weighted by molar-refractivity contribution is -0.125. The summed E-state index contributed by atoms with van der Waals surface area (Å²) in [6.45, 7) is 2.97. The second kappa shape index (κ2) is 9.04. The summed E-state index contributed by atoms with van der Waals surface area (Å²) in [7, 11) is 0. The van der Waals surface area contributed by atoms with Crippen LogP contribution in [0.4, 0.5) is 4.39 Å². The zero-order chi connectivity index (χ0) is 16.3. The molecule has 1 amide bonds. The number of hydrogen-bond acceptors (Lipinski definition) is 3. The second-order valence-electron chi connectivity index (χ2n) is 5.49. The molecular formula is C15H20Cl3FN2O2. The molecule has 0 saturated carbocycles. The van der Waals surface area contributed by atoms with E-state index in [1.165, 1.54) is 12.1 Å². The summed E-state index contributed by atoms with van der Waals surface area (Å²) in [4.78, 5) is 12.2. The van der Waals surface area contributed by atoms with Gasteiger partial charge in [0, 0.05) is 18.2 Å². The van der Waals surface area contributed by atoms with E-state index in [0.717, 1.165) is 12.8 Å².